The van der Waals surface area contributed by atoms with Crippen LogP contribution in [-0.2, 0) is 6.61 Å². The minimum absolute atomic E-state index is 0.0830. The molecule has 0 spiro atoms. The zero-order valence-corrected chi connectivity index (χ0v) is 21.5. The highest BCUT2D eigenvalue weighted by atomic mass is 16.5. The van der Waals surface area contributed by atoms with E-state index in [2.05, 4.69) is 23.2 Å². The Hall–Kier alpha value is -4.52. The molecule has 1 amide bonds. The van der Waals surface area contributed by atoms with Crippen LogP contribution in [0.4, 0.5) is 0 Å². The molecule has 7 heteroatoms. The standard InChI is InChI=1S/C32H29N3O4/c36-27-15-16-34-30(31(27)39-19-22-9-3-1-4-10-22)32(37)33-18-24-17-25(24)20-38-28-14-8-7-13-26(28)29(35(34)21-33)23-11-5-2-6-12-23/h1-16,24-25,29H,17-21H2/t24-,25-,29+/m1/s1. The lowest BCUT2D eigenvalue weighted by molar-refractivity contribution is 0.0664. The number of ether oxygens (including phenoxy) is 2. The summed E-state index contributed by atoms with van der Waals surface area (Å²) in [7, 11) is 0. The molecule has 3 aliphatic rings. The average molecular weight is 520 g/mol. The summed E-state index contributed by atoms with van der Waals surface area (Å²) in [6.45, 7) is 1.82. The van der Waals surface area contributed by atoms with Crippen LogP contribution in [0.25, 0.3) is 0 Å². The molecule has 0 N–H and O–H groups in total. The van der Waals surface area contributed by atoms with Gasteiger partial charge in [-0.2, -0.15) is 0 Å². The van der Waals surface area contributed by atoms with Gasteiger partial charge in [-0.25, -0.2) is 0 Å². The number of carbonyl (C=O) groups is 1. The first-order valence-electron chi connectivity index (χ1n) is 13.4. The second kappa shape index (κ2) is 9.66. The van der Waals surface area contributed by atoms with Crippen molar-refractivity contribution in [3.63, 3.8) is 0 Å². The molecule has 0 unspecified atom stereocenters. The van der Waals surface area contributed by atoms with E-state index in [4.69, 9.17) is 9.47 Å². The Kier molecular flexibility index (Phi) is 5.84. The molecule has 39 heavy (non-hydrogen) atoms. The van der Waals surface area contributed by atoms with Crippen LogP contribution in [0.2, 0.25) is 0 Å². The Labute approximate surface area is 226 Å². The lowest BCUT2D eigenvalue weighted by atomic mass is 9.97. The second-order valence-corrected chi connectivity index (χ2v) is 10.5. The second-order valence-electron chi connectivity index (χ2n) is 10.5. The van der Waals surface area contributed by atoms with Crippen molar-refractivity contribution in [3.8, 4) is 11.5 Å². The summed E-state index contributed by atoms with van der Waals surface area (Å²) in [5, 5.41) is 2.14. The fourth-order valence-electron chi connectivity index (χ4n) is 5.79. The molecular formula is C32H29N3O4. The van der Waals surface area contributed by atoms with E-state index in [9.17, 15) is 9.59 Å². The molecule has 7 rings (SSSR count). The number of hydrogen-bond acceptors (Lipinski definition) is 5. The Morgan fingerprint density at radius 1 is 0.846 bits per heavy atom. The number of para-hydroxylation sites is 1. The molecule has 3 aromatic carbocycles. The predicted octanol–water partition coefficient (Wildman–Crippen LogP) is 4.60. The number of fused-ring (bicyclic) bond motifs is 6. The number of amides is 1. The van der Waals surface area contributed by atoms with Gasteiger partial charge in [0, 0.05) is 24.4 Å². The Bertz CT molecular complexity index is 1570. The summed E-state index contributed by atoms with van der Waals surface area (Å²) in [5.74, 6) is 1.51. The lowest BCUT2D eigenvalue weighted by Crippen LogP contribution is -2.56. The lowest BCUT2D eigenvalue weighted by Gasteiger charge is -2.44. The van der Waals surface area contributed by atoms with Gasteiger partial charge in [-0.1, -0.05) is 78.9 Å². The Balaban J connectivity index is 1.41. The minimum Gasteiger partial charge on any atom is -0.493 e. The molecule has 0 radical (unpaired) electrons. The smallest absolute Gasteiger partial charge is 0.277 e. The molecular weight excluding hydrogens is 490 g/mol. The average Bonchev–Trinajstić information content (AvgIpc) is 3.72. The van der Waals surface area contributed by atoms with Gasteiger partial charge in [-0.15, -0.1) is 0 Å². The number of aromatic nitrogens is 1. The fourth-order valence-corrected chi connectivity index (χ4v) is 5.79. The molecule has 2 bridgehead atoms. The van der Waals surface area contributed by atoms with E-state index in [0.29, 0.717) is 31.7 Å². The van der Waals surface area contributed by atoms with Crippen LogP contribution in [-0.4, -0.2) is 35.3 Å². The first-order chi connectivity index (χ1) is 19.2. The maximum absolute atomic E-state index is 14.0. The van der Waals surface area contributed by atoms with E-state index in [1.165, 1.54) is 6.07 Å². The molecule has 1 fully saturated rings. The van der Waals surface area contributed by atoms with Crippen LogP contribution in [0.3, 0.4) is 0 Å². The van der Waals surface area contributed by atoms with Crippen molar-refractivity contribution in [2.24, 2.45) is 11.8 Å². The predicted molar refractivity (Wildman–Crippen MR) is 147 cm³/mol. The quantitative estimate of drug-likeness (QED) is 0.395. The third-order valence-electron chi connectivity index (χ3n) is 7.95. The number of hydrogen-bond donors (Lipinski definition) is 0. The van der Waals surface area contributed by atoms with Crippen molar-refractivity contribution in [1.29, 1.82) is 0 Å². The highest BCUT2D eigenvalue weighted by Gasteiger charge is 2.44. The van der Waals surface area contributed by atoms with Crippen molar-refractivity contribution in [2.75, 3.05) is 24.8 Å². The highest BCUT2D eigenvalue weighted by molar-refractivity contribution is 5.96. The molecule has 3 atom stereocenters. The van der Waals surface area contributed by atoms with Crippen LogP contribution < -0.4 is 19.9 Å². The van der Waals surface area contributed by atoms with E-state index in [1.54, 1.807) is 6.20 Å². The van der Waals surface area contributed by atoms with Crippen LogP contribution in [0.5, 0.6) is 11.5 Å². The summed E-state index contributed by atoms with van der Waals surface area (Å²) in [6.07, 6.45) is 2.72. The molecule has 7 nitrogen and oxygen atoms in total. The number of rotatable bonds is 4. The van der Waals surface area contributed by atoms with Crippen LogP contribution in [0, 0.1) is 11.8 Å². The highest BCUT2D eigenvalue weighted by Crippen LogP contribution is 2.43. The van der Waals surface area contributed by atoms with Gasteiger partial charge < -0.3 is 14.4 Å². The Morgan fingerprint density at radius 3 is 2.41 bits per heavy atom. The van der Waals surface area contributed by atoms with Gasteiger partial charge in [0.2, 0.25) is 5.43 Å². The first-order valence-corrected chi connectivity index (χ1v) is 13.4. The van der Waals surface area contributed by atoms with Crippen molar-refractivity contribution in [3.05, 3.63) is 130 Å². The summed E-state index contributed by atoms with van der Waals surface area (Å²) in [6, 6.07) is 29.2. The van der Waals surface area contributed by atoms with Crippen molar-refractivity contribution >= 4 is 5.91 Å². The van der Waals surface area contributed by atoms with Gasteiger partial charge in [0.05, 0.1) is 6.61 Å². The topological polar surface area (TPSA) is 64.0 Å². The van der Waals surface area contributed by atoms with E-state index >= 15 is 0 Å². The maximum atomic E-state index is 14.0. The fraction of sp³-hybridized carbons (Fsp3) is 0.250. The van der Waals surface area contributed by atoms with Gasteiger partial charge in [-0.05, 0) is 35.4 Å². The SMILES string of the molecule is O=C1c2c(OCc3ccccc3)c(=O)ccn2N2CN1C[C@H]1C[C@@H]1COc1ccccc1[C@@H]2c1ccccc1. The van der Waals surface area contributed by atoms with E-state index in [-0.39, 0.29) is 35.4 Å². The van der Waals surface area contributed by atoms with Crippen molar-refractivity contribution in [2.45, 2.75) is 19.1 Å². The summed E-state index contributed by atoms with van der Waals surface area (Å²) in [5.41, 5.74) is 2.95. The van der Waals surface area contributed by atoms with Crippen molar-refractivity contribution < 1.29 is 14.3 Å². The molecule has 1 saturated carbocycles. The van der Waals surface area contributed by atoms with Gasteiger partial charge in [0.1, 0.15) is 25.1 Å². The van der Waals surface area contributed by atoms with Crippen LogP contribution in [0.1, 0.15) is 39.6 Å². The van der Waals surface area contributed by atoms with Gasteiger partial charge in [0.25, 0.3) is 5.91 Å². The maximum Gasteiger partial charge on any atom is 0.277 e. The first kappa shape index (κ1) is 23.6. The monoisotopic (exact) mass is 519 g/mol. The van der Waals surface area contributed by atoms with Gasteiger partial charge >= 0.3 is 0 Å². The van der Waals surface area contributed by atoms with Crippen molar-refractivity contribution in [1.82, 2.24) is 9.58 Å². The molecule has 1 aliphatic carbocycles. The van der Waals surface area contributed by atoms with Crippen LogP contribution >= 0.6 is 0 Å². The van der Waals surface area contributed by atoms with Gasteiger partial charge in [-0.3, -0.25) is 19.3 Å². The number of carbonyl (C=O) groups excluding carboxylic acids is 1. The normalized spacial score (nSPS) is 21.5. The van der Waals surface area contributed by atoms with Gasteiger partial charge in [0.15, 0.2) is 11.4 Å². The summed E-state index contributed by atoms with van der Waals surface area (Å²) in [4.78, 5) is 29.1. The summed E-state index contributed by atoms with van der Waals surface area (Å²) >= 11 is 0. The van der Waals surface area contributed by atoms with E-state index in [1.807, 2.05) is 76.3 Å². The largest absolute Gasteiger partial charge is 0.493 e. The number of benzene rings is 3. The molecule has 2 aliphatic heterocycles. The Morgan fingerprint density at radius 2 is 1.59 bits per heavy atom. The third-order valence-corrected chi connectivity index (χ3v) is 7.95. The minimum atomic E-state index is -0.305. The zero-order valence-electron chi connectivity index (χ0n) is 21.5. The molecule has 3 heterocycles. The zero-order chi connectivity index (χ0) is 26.3. The molecule has 196 valence electrons. The number of nitrogens with zero attached hydrogens (tertiary/aromatic N) is 3. The molecule has 1 aromatic heterocycles. The third kappa shape index (κ3) is 4.34. The molecule has 4 aromatic rings. The van der Waals surface area contributed by atoms with Crippen LogP contribution in [0.15, 0.2) is 102 Å². The summed E-state index contributed by atoms with van der Waals surface area (Å²) < 4.78 is 14.3. The molecule has 0 saturated heterocycles. The van der Waals surface area contributed by atoms with E-state index in [0.717, 1.165) is 28.9 Å². The number of pyridine rings is 1. The van der Waals surface area contributed by atoms with E-state index < -0.39 is 0 Å².